The van der Waals surface area contributed by atoms with E-state index in [2.05, 4.69) is 6.07 Å². The molecule has 1 heterocycles. The van der Waals surface area contributed by atoms with E-state index < -0.39 is 0 Å². The Morgan fingerprint density at radius 1 is 1.26 bits per heavy atom. The molecule has 0 spiro atoms. The molecule has 0 bridgehead atoms. The van der Waals surface area contributed by atoms with Gasteiger partial charge in [0.15, 0.2) is 11.5 Å². The number of nitrogens with zero attached hydrogens (tertiary/aromatic N) is 1. The van der Waals surface area contributed by atoms with E-state index in [0.29, 0.717) is 5.57 Å². The molecule has 2 aromatic rings. The number of allylic oxidation sites excluding steroid dienone is 1. The minimum Gasteiger partial charge on any atom is -0.493 e. The summed E-state index contributed by atoms with van der Waals surface area (Å²) < 4.78 is 11.5. The molecule has 1 saturated carbocycles. The van der Waals surface area contributed by atoms with E-state index in [-0.39, 0.29) is 6.10 Å². The van der Waals surface area contributed by atoms with Crippen molar-refractivity contribution >= 4 is 23.0 Å². The van der Waals surface area contributed by atoms with Crippen molar-refractivity contribution in [2.45, 2.75) is 31.8 Å². The Kier molecular flexibility index (Phi) is 4.99. The number of methoxy groups -OCH3 is 1. The Hall–Kier alpha value is -2.25. The summed E-state index contributed by atoms with van der Waals surface area (Å²) in [6.07, 6.45) is 6.81. The first-order valence-electron chi connectivity index (χ1n) is 7.79. The molecule has 1 aliphatic carbocycles. The minimum absolute atomic E-state index is 0.274. The average molecular weight is 325 g/mol. The maximum atomic E-state index is 9.39. The van der Waals surface area contributed by atoms with Gasteiger partial charge in [0, 0.05) is 5.56 Å². The van der Waals surface area contributed by atoms with Crippen molar-refractivity contribution in [2.75, 3.05) is 7.11 Å². The lowest BCUT2D eigenvalue weighted by Gasteiger charge is -2.16. The van der Waals surface area contributed by atoms with Gasteiger partial charge in [-0.05, 0) is 66.3 Å². The third kappa shape index (κ3) is 3.75. The number of thiophene rings is 1. The van der Waals surface area contributed by atoms with Gasteiger partial charge in [0.25, 0.3) is 0 Å². The summed E-state index contributed by atoms with van der Waals surface area (Å²) in [5.74, 6) is 1.50. The molecule has 4 heteroatoms. The van der Waals surface area contributed by atoms with Gasteiger partial charge in [-0.15, -0.1) is 0 Å². The molecule has 1 aromatic carbocycles. The maximum absolute atomic E-state index is 9.39. The molecule has 0 atom stereocenters. The van der Waals surface area contributed by atoms with Gasteiger partial charge in [-0.25, -0.2) is 0 Å². The van der Waals surface area contributed by atoms with Crippen molar-refractivity contribution in [1.29, 1.82) is 5.26 Å². The summed E-state index contributed by atoms with van der Waals surface area (Å²) in [5.41, 5.74) is 2.55. The third-order valence-corrected chi connectivity index (χ3v) is 4.73. The van der Waals surface area contributed by atoms with Crippen LogP contribution in [0.2, 0.25) is 0 Å². The molecule has 1 fully saturated rings. The number of ether oxygens (including phenoxy) is 2. The van der Waals surface area contributed by atoms with Gasteiger partial charge in [0.05, 0.1) is 24.9 Å². The quantitative estimate of drug-likeness (QED) is 0.715. The number of rotatable bonds is 5. The summed E-state index contributed by atoms with van der Waals surface area (Å²) in [7, 11) is 1.65. The molecule has 0 aliphatic heterocycles. The van der Waals surface area contributed by atoms with E-state index in [1.807, 2.05) is 41.1 Å². The zero-order valence-corrected chi connectivity index (χ0v) is 13.9. The Balaban J connectivity index is 1.89. The standard InChI is InChI=1S/C19H19NO2S/c1-21-18-7-6-14(10-16(12-20)15-8-9-23-13-15)11-19(18)22-17-4-2-3-5-17/h6-11,13,17H,2-5H2,1H3/b16-10+. The number of hydrogen-bond acceptors (Lipinski definition) is 4. The van der Waals surface area contributed by atoms with Crippen molar-refractivity contribution in [3.05, 3.63) is 46.2 Å². The van der Waals surface area contributed by atoms with Gasteiger partial charge in [-0.1, -0.05) is 6.07 Å². The number of benzene rings is 1. The number of nitriles is 1. The van der Waals surface area contributed by atoms with E-state index in [9.17, 15) is 5.26 Å². The lowest BCUT2D eigenvalue weighted by Crippen LogP contribution is -2.11. The summed E-state index contributed by atoms with van der Waals surface area (Å²) in [5, 5.41) is 13.3. The van der Waals surface area contributed by atoms with Crippen LogP contribution in [-0.4, -0.2) is 13.2 Å². The molecule has 0 unspecified atom stereocenters. The van der Waals surface area contributed by atoms with Gasteiger partial charge in [-0.3, -0.25) is 0 Å². The number of hydrogen-bond donors (Lipinski definition) is 0. The molecule has 3 rings (SSSR count). The van der Waals surface area contributed by atoms with Crippen molar-refractivity contribution in [2.24, 2.45) is 0 Å². The maximum Gasteiger partial charge on any atom is 0.162 e. The second-order valence-electron chi connectivity index (χ2n) is 5.62. The molecule has 0 saturated heterocycles. The first kappa shape index (κ1) is 15.6. The van der Waals surface area contributed by atoms with Crippen molar-refractivity contribution in [1.82, 2.24) is 0 Å². The van der Waals surface area contributed by atoms with E-state index in [0.717, 1.165) is 35.5 Å². The largest absolute Gasteiger partial charge is 0.493 e. The topological polar surface area (TPSA) is 42.2 Å². The van der Waals surface area contributed by atoms with Gasteiger partial charge in [0.1, 0.15) is 0 Å². The monoisotopic (exact) mass is 325 g/mol. The summed E-state index contributed by atoms with van der Waals surface area (Å²) in [4.78, 5) is 0. The molecule has 23 heavy (non-hydrogen) atoms. The normalized spacial score (nSPS) is 15.4. The van der Waals surface area contributed by atoms with Crippen LogP contribution in [0, 0.1) is 11.3 Å². The Bertz CT molecular complexity index is 722. The highest BCUT2D eigenvalue weighted by Gasteiger charge is 2.18. The van der Waals surface area contributed by atoms with Gasteiger partial charge in [0.2, 0.25) is 0 Å². The van der Waals surface area contributed by atoms with E-state index in [1.165, 1.54) is 12.8 Å². The molecular weight excluding hydrogens is 306 g/mol. The van der Waals surface area contributed by atoms with E-state index >= 15 is 0 Å². The molecule has 3 nitrogen and oxygen atoms in total. The molecule has 1 aromatic heterocycles. The zero-order valence-electron chi connectivity index (χ0n) is 13.1. The lowest BCUT2D eigenvalue weighted by atomic mass is 10.1. The molecule has 0 radical (unpaired) electrons. The van der Waals surface area contributed by atoms with Gasteiger partial charge >= 0.3 is 0 Å². The SMILES string of the molecule is COc1ccc(/C=C(\C#N)c2ccsc2)cc1OC1CCCC1. The fourth-order valence-electron chi connectivity index (χ4n) is 2.83. The van der Waals surface area contributed by atoms with Crippen LogP contribution >= 0.6 is 11.3 Å². The first-order valence-corrected chi connectivity index (χ1v) is 8.73. The first-order chi connectivity index (χ1) is 11.3. The Labute approximate surface area is 140 Å². The van der Waals surface area contributed by atoms with E-state index in [4.69, 9.17) is 9.47 Å². The van der Waals surface area contributed by atoms with Gasteiger partial charge in [-0.2, -0.15) is 16.6 Å². The summed E-state index contributed by atoms with van der Waals surface area (Å²) in [6.45, 7) is 0. The molecule has 1 aliphatic rings. The molecule has 0 amide bonds. The predicted molar refractivity (Wildman–Crippen MR) is 93.7 cm³/mol. The van der Waals surface area contributed by atoms with Crippen LogP contribution in [0.15, 0.2) is 35.0 Å². The second kappa shape index (κ2) is 7.34. The van der Waals surface area contributed by atoms with Crippen molar-refractivity contribution in [3.8, 4) is 17.6 Å². The summed E-state index contributed by atoms with van der Waals surface area (Å²) >= 11 is 1.59. The van der Waals surface area contributed by atoms with Crippen molar-refractivity contribution in [3.63, 3.8) is 0 Å². The van der Waals surface area contributed by atoms with Crippen LogP contribution in [-0.2, 0) is 0 Å². The fraction of sp³-hybridized carbons (Fsp3) is 0.316. The molecular formula is C19H19NO2S. The minimum atomic E-state index is 0.274. The molecule has 118 valence electrons. The van der Waals surface area contributed by atoms with Crippen LogP contribution in [0.5, 0.6) is 11.5 Å². The van der Waals surface area contributed by atoms with Crippen LogP contribution in [0.25, 0.3) is 11.6 Å². The summed E-state index contributed by atoms with van der Waals surface area (Å²) in [6, 6.07) is 10.0. The zero-order chi connectivity index (χ0) is 16.1. The highest BCUT2D eigenvalue weighted by molar-refractivity contribution is 7.08. The highest BCUT2D eigenvalue weighted by Crippen LogP contribution is 2.33. The van der Waals surface area contributed by atoms with E-state index in [1.54, 1.807) is 18.4 Å². The smallest absolute Gasteiger partial charge is 0.162 e. The van der Waals surface area contributed by atoms with Crippen LogP contribution < -0.4 is 9.47 Å². The van der Waals surface area contributed by atoms with Crippen LogP contribution in [0.4, 0.5) is 0 Å². The van der Waals surface area contributed by atoms with Crippen LogP contribution in [0.3, 0.4) is 0 Å². The van der Waals surface area contributed by atoms with Crippen molar-refractivity contribution < 1.29 is 9.47 Å². The second-order valence-corrected chi connectivity index (χ2v) is 6.40. The third-order valence-electron chi connectivity index (χ3n) is 4.05. The Morgan fingerprint density at radius 2 is 2.09 bits per heavy atom. The average Bonchev–Trinajstić information content (AvgIpc) is 3.26. The Morgan fingerprint density at radius 3 is 2.74 bits per heavy atom. The lowest BCUT2D eigenvalue weighted by molar-refractivity contribution is 0.201. The van der Waals surface area contributed by atoms with Crippen LogP contribution in [0.1, 0.15) is 36.8 Å². The molecule has 0 N–H and O–H groups in total. The predicted octanol–water partition coefficient (Wildman–Crippen LogP) is 5.14. The van der Waals surface area contributed by atoms with Gasteiger partial charge < -0.3 is 9.47 Å². The highest BCUT2D eigenvalue weighted by atomic mass is 32.1. The fourth-order valence-corrected chi connectivity index (χ4v) is 3.48.